The van der Waals surface area contributed by atoms with E-state index in [1.807, 2.05) is 6.20 Å². The second-order valence-electron chi connectivity index (χ2n) is 5.71. The fraction of sp³-hybridized carbons (Fsp3) is 0.211. The number of nitrogens with two attached hydrogens (primary N) is 1. The number of nitriles is 1. The first-order chi connectivity index (χ1) is 13.0. The van der Waals surface area contributed by atoms with E-state index in [0.717, 1.165) is 5.56 Å². The summed E-state index contributed by atoms with van der Waals surface area (Å²) in [5.74, 6) is 1.58. The Labute approximate surface area is 156 Å². The van der Waals surface area contributed by atoms with Crippen molar-refractivity contribution in [1.82, 2.24) is 14.8 Å². The Balaban J connectivity index is 2.28. The number of pyridine rings is 1. The van der Waals surface area contributed by atoms with Crippen molar-refractivity contribution in [2.24, 2.45) is 7.05 Å². The number of aromatic nitrogens is 3. The number of nitrogens with zero attached hydrogens (tertiary/aromatic N) is 4. The monoisotopic (exact) mass is 365 g/mol. The molecule has 1 aromatic carbocycles. The maximum Gasteiger partial charge on any atom is 0.203 e. The summed E-state index contributed by atoms with van der Waals surface area (Å²) in [5.41, 5.74) is 8.99. The Morgan fingerprint density at radius 1 is 1.07 bits per heavy atom. The van der Waals surface area contributed by atoms with Crippen molar-refractivity contribution in [2.75, 3.05) is 27.1 Å². The third kappa shape index (κ3) is 3.11. The molecule has 0 aliphatic heterocycles. The highest BCUT2D eigenvalue weighted by atomic mass is 16.5. The number of methoxy groups -OCH3 is 3. The van der Waals surface area contributed by atoms with E-state index in [-0.39, 0.29) is 5.82 Å². The van der Waals surface area contributed by atoms with Crippen molar-refractivity contribution in [2.45, 2.75) is 0 Å². The molecule has 3 aromatic rings. The molecule has 0 unspecified atom stereocenters. The molecule has 0 atom stereocenters. The predicted molar refractivity (Wildman–Crippen MR) is 101 cm³/mol. The standard InChI is InChI=1S/C19H19N5O3/c1-24-10-11(9-22-24)13-7-15(23-19(21)14(13)8-20)12-5-6-16(25-2)18(27-4)17(12)26-3/h5-7,9-10H,1-4H3,(H2,21,23). The third-order valence-electron chi connectivity index (χ3n) is 4.16. The SMILES string of the molecule is COc1ccc(-c2cc(-c3cnn(C)c3)c(C#N)c(N)n2)c(OC)c1OC. The van der Waals surface area contributed by atoms with Gasteiger partial charge in [-0.2, -0.15) is 10.4 Å². The van der Waals surface area contributed by atoms with Gasteiger partial charge in [0.15, 0.2) is 11.5 Å². The van der Waals surface area contributed by atoms with Gasteiger partial charge in [0.25, 0.3) is 0 Å². The van der Waals surface area contributed by atoms with Gasteiger partial charge < -0.3 is 19.9 Å². The Hall–Kier alpha value is -3.73. The fourth-order valence-corrected chi connectivity index (χ4v) is 2.91. The number of aryl methyl sites for hydroxylation is 1. The zero-order valence-corrected chi connectivity index (χ0v) is 15.5. The summed E-state index contributed by atoms with van der Waals surface area (Å²) in [6.45, 7) is 0. The largest absolute Gasteiger partial charge is 0.493 e. The van der Waals surface area contributed by atoms with Crippen molar-refractivity contribution in [3.8, 4) is 45.7 Å². The fourth-order valence-electron chi connectivity index (χ4n) is 2.91. The van der Waals surface area contributed by atoms with Crippen LogP contribution in [0.4, 0.5) is 5.82 Å². The maximum absolute atomic E-state index is 9.52. The quantitative estimate of drug-likeness (QED) is 0.740. The van der Waals surface area contributed by atoms with Crippen LogP contribution in [0.3, 0.4) is 0 Å². The zero-order valence-electron chi connectivity index (χ0n) is 15.5. The molecule has 0 aliphatic rings. The number of rotatable bonds is 5. The Bertz CT molecular complexity index is 1040. The molecular weight excluding hydrogens is 346 g/mol. The van der Waals surface area contributed by atoms with Gasteiger partial charge in [0.2, 0.25) is 5.75 Å². The topological polar surface area (TPSA) is 108 Å². The molecule has 0 fully saturated rings. The van der Waals surface area contributed by atoms with Crippen LogP contribution in [-0.4, -0.2) is 36.1 Å². The molecule has 8 heteroatoms. The Kier molecular flexibility index (Phi) is 4.86. The summed E-state index contributed by atoms with van der Waals surface area (Å²) in [6.07, 6.45) is 3.48. The van der Waals surface area contributed by atoms with Gasteiger partial charge in [-0.15, -0.1) is 0 Å². The van der Waals surface area contributed by atoms with E-state index in [0.29, 0.717) is 39.6 Å². The lowest BCUT2D eigenvalue weighted by Crippen LogP contribution is -2.02. The summed E-state index contributed by atoms with van der Waals surface area (Å²) >= 11 is 0. The molecule has 0 saturated heterocycles. The van der Waals surface area contributed by atoms with Gasteiger partial charge in [-0.25, -0.2) is 4.98 Å². The minimum Gasteiger partial charge on any atom is -0.493 e. The molecule has 0 aliphatic carbocycles. The first-order valence-corrected chi connectivity index (χ1v) is 8.03. The normalized spacial score (nSPS) is 10.3. The third-order valence-corrected chi connectivity index (χ3v) is 4.16. The summed E-state index contributed by atoms with van der Waals surface area (Å²) in [5, 5.41) is 13.7. The number of ether oxygens (including phenoxy) is 3. The van der Waals surface area contributed by atoms with Gasteiger partial charge in [0.05, 0.1) is 33.2 Å². The molecular formula is C19H19N5O3. The second-order valence-corrected chi connectivity index (χ2v) is 5.71. The van der Waals surface area contributed by atoms with Crippen LogP contribution in [0.1, 0.15) is 5.56 Å². The minimum atomic E-state index is 0.130. The molecule has 27 heavy (non-hydrogen) atoms. The van der Waals surface area contributed by atoms with Crippen LogP contribution in [0.25, 0.3) is 22.4 Å². The molecule has 0 saturated carbocycles. The highest BCUT2D eigenvalue weighted by Crippen LogP contribution is 2.44. The zero-order chi connectivity index (χ0) is 19.6. The lowest BCUT2D eigenvalue weighted by molar-refractivity contribution is 0.325. The van der Waals surface area contributed by atoms with Gasteiger partial charge in [-0.1, -0.05) is 0 Å². The van der Waals surface area contributed by atoms with E-state index in [2.05, 4.69) is 16.2 Å². The van der Waals surface area contributed by atoms with E-state index < -0.39 is 0 Å². The van der Waals surface area contributed by atoms with Crippen LogP contribution in [0.5, 0.6) is 17.2 Å². The number of hydrogen-bond donors (Lipinski definition) is 1. The molecule has 3 rings (SSSR count). The predicted octanol–water partition coefficient (Wildman–Crippen LogP) is 2.63. The number of hydrogen-bond acceptors (Lipinski definition) is 7. The van der Waals surface area contributed by atoms with Gasteiger partial charge in [0.1, 0.15) is 17.5 Å². The molecule has 2 N–H and O–H groups in total. The molecule has 0 amide bonds. The first-order valence-electron chi connectivity index (χ1n) is 8.03. The van der Waals surface area contributed by atoms with E-state index in [1.54, 1.807) is 43.2 Å². The molecule has 8 nitrogen and oxygen atoms in total. The molecule has 0 radical (unpaired) electrons. The van der Waals surface area contributed by atoms with Crippen LogP contribution >= 0.6 is 0 Å². The van der Waals surface area contributed by atoms with Crippen molar-refractivity contribution < 1.29 is 14.2 Å². The summed E-state index contributed by atoms with van der Waals surface area (Å²) in [4.78, 5) is 4.40. The highest BCUT2D eigenvalue weighted by molar-refractivity contribution is 5.82. The van der Waals surface area contributed by atoms with Gasteiger partial charge in [0, 0.05) is 29.9 Å². The van der Waals surface area contributed by atoms with E-state index in [4.69, 9.17) is 19.9 Å². The van der Waals surface area contributed by atoms with Crippen molar-refractivity contribution in [3.05, 3.63) is 36.2 Å². The van der Waals surface area contributed by atoms with Crippen molar-refractivity contribution in [1.29, 1.82) is 5.26 Å². The van der Waals surface area contributed by atoms with Crippen LogP contribution < -0.4 is 19.9 Å². The Morgan fingerprint density at radius 2 is 1.81 bits per heavy atom. The summed E-state index contributed by atoms with van der Waals surface area (Å²) < 4.78 is 18.0. The smallest absolute Gasteiger partial charge is 0.203 e. The van der Waals surface area contributed by atoms with Crippen molar-refractivity contribution in [3.63, 3.8) is 0 Å². The van der Waals surface area contributed by atoms with Crippen LogP contribution in [-0.2, 0) is 7.05 Å². The summed E-state index contributed by atoms with van der Waals surface area (Å²) in [7, 11) is 6.43. The Morgan fingerprint density at radius 3 is 2.37 bits per heavy atom. The maximum atomic E-state index is 9.52. The lowest BCUT2D eigenvalue weighted by Gasteiger charge is -2.16. The van der Waals surface area contributed by atoms with Gasteiger partial charge >= 0.3 is 0 Å². The average molecular weight is 365 g/mol. The molecule has 2 heterocycles. The van der Waals surface area contributed by atoms with Gasteiger partial charge in [-0.3, -0.25) is 4.68 Å². The second kappa shape index (κ2) is 7.25. The minimum absolute atomic E-state index is 0.130. The summed E-state index contributed by atoms with van der Waals surface area (Å²) in [6, 6.07) is 7.47. The molecule has 0 bridgehead atoms. The molecule has 138 valence electrons. The van der Waals surface area contributed by atoms with Gasteiger partial charge in [-0.05, 0) is 18.2 Å². The van der Waals surface area contributed by atoms with Crippen molar-refractivity contribution >= 4 is 5.82 Å². The molecule has 0 spiro atoms. The highest BCUT2D eigenvalue weighted by Gasteiger charge is 2.21. The van der Waals surface area contributed by atoms with E-state index >= 15 is 0 Å². The molecule has 2 aromatic heterocycles. The van der Waals surface area contributed by atoms with Crippen LogP contribution in [0.15, 0.2) is 30.6 Å². The lowest BCUT2D eigenvalue weighted by atomic mass is 10.00. The van der Waals surface area contributed by atoms with E-state index in [9.17, 15) is 5.26 Å². The van der Waals surface area contributed by atoms with Crippen LogP contribution in [0.2, 0.25) is 0 Å². The number of anilines is 1. The first kappa shape index (κ1) is 18.1. The number of benzene rings is 1. The van der Waals surface area contributed by atoms with E-state index in [1.165, 1.54) is 14.2 Å². The number of nitrogen functional groups attached to an aromatic ring is 1. The average Bonchev–Trinajstić information content (AvgIpc) is 3.12. The van der Waals surface area contributed by atoms with Crippen LogP contribution in [0, 0.1) is 11.3 Å².